The number of pyridine rings is 1. The van der Waals surface area contributed by atoms with Crippen LogP contribution >= 0.6 is 0 Å². The van der Waals surface area contributed by atoms with Gasteiger partial charge in [-0.2, -0.15) is 4.31 Å². The van der Waals surface area contributed by atoms with Crippen LogP contribution in [-0.4, -0.2) is 37.8 Å². The highest BCUT2D eigenvalue weighted by Gasteiger charge is 2.35. The van der Waals surface area contributed by atoms with Crippen LogP contribution in [0.2, 0.25) is 0 Å². The van der Waals surface area contributed by atoms with E-state index in [-0.39, 0.29) is 10.3 Å². The monoisotopic (exact) mass is 297 g/mol. The molecular weight excluding hydrogens is 274 g/mol. The maximum atomic E-state index is 12.7. The average Bonchev–Trinajstić information content (AvgIpc) is 2.47. The average molecular weight is 297 g/mol. The topological polar surface area (TPSA) is 62.3 Å². The van der Waals surface area contributed by atoms with Crippen LogP contribution in [0.5, 0.6) is 0 Å². The second-order valence-electron chi connectivity index (χ2n) is 5.67. The number of nitrogens with one attached hydrogen (secondary N) is 1. The number of nitrogens with zero attached hydrogens (tertiary/aromatic N) is 2. The van der Waals surface area contributed by atoms with Crippen LogP contribution in [-0.2, 0) is 10.0 Å². The molecule has 0 aliphatic carbocycles. The maximum Gasteiger partial charge on any atom is 0.246 e. The zero-order chi connectivity index (χ0) is 14.8. The Bertz CT molecular complexity index is 564. The smallest absolute Gasteiger partial charge is 0.246 e. The molecule has 0 spiro atoms. The van der Waals surface area contributed by atoms with Crippen molar-refractivity contribution in [3.05, 3.63) is 18.3 Å². The van der Waals surface area contributed by atoms with Crippen LogP contribution in [0.1, 0.15) is 33.1 Å². The molecule has 1 aliphatic rings. The van der Waals surface area contributed by atoms with Gasteiger partial charge in [0.1, 0.15) is 10.7 Å². The van der Waals surface area contributed by atoms with Crippen LogP contribution < -0.4 is 5.32 Å². The van der Waals surface area contributed by atoms with Crippen molar-refractivity contribution < 1.29 is 8.42 Å². The third-order valence-corrected chi connectivity index (χ3v) is 6.34. The molecule has 5 nitrogen and oxygen atoms in total. The summed E-state index contributed by atoms with van der Waals surface area (Å²) in [6.45, 7) is 5.58. The van der Waals surface area contributed by atoms with E-state index in [0.717, 1.165) is 19.3 Å². The first-order valence-electron chi connectivity index (χ1n) is 7.06. The van der Waals surface area contributed by atoms with Crippen molar-refractivity contribution in [2.75, 3.05) is 25.5 Å². The SMILES string of the molecule is CCC1(C)CCN(S(=O)(=O)c2cccnc2NC)CC1. The summed E-state index contributed by atoms with van der Waals surface area (Å²) in [5.41, 5.74) is 0.271. The lowest BCUT2D eigenvalue weighted by molar-refractivity contribution is 0.169. The van der Waals surface area contributed by atoms with Gasteiger partial charge in [-0.15, -0.1) is 0 Å². The Morgan fingerprint density at radius 2 is 2.05 bits per heavy atom. The van der Waals surface area contributed by atoms with Gasteiger partial charge in [0, 0.05) is 26.3 Å². The van der Waals surface area contributed by atoms with Crippen molar-refractivity contribution in [2.24, 2.45) is 5.41 Å². The first-order chi connectivity index (χ1) is 9.43. The number of hydrogen-bond acceptors (Lipinski definition) is 4. The summed E-state index contributed by atoms with van der Waals surface area (Å²) >= 11 is 0. The van der Waals surface area contributed by atoms with Gasteiger partial charge in [-0.3, -0.25) is 0 Å². The van der Waals surface area contributed by atoms with Gasteiger partial charge < -0.3 is 5.32 Å². The molecule has 0 aromatic carbocycles. The first-order valence-corrected chi connectivity index (χ1v) is 8.50. The van der Waals surface area contributed by atoms with E-state index in [2.05, 4.69) is 24.1 Å². The fraction of sp³-hybridized carbons (Fsp3) is 0.643. The highest BCUT2D eigenvalue weighted by Crippen LogP contribution is 2.36. The van der Waals surface area contributed by atoms with Gasteiger partial charge in [0.25, 0.3) is 0 Å². The van der Waals surface area contributed by atoms with E-state index >= 15 is 0 Å². The van der Waals surface area contributed by atoms with Gasteiger partial charge in [-0.05, 0) is 30.4 Å². The van der Waals surface area contributed by atoms with Crippen LogP contribution in [0.4, 0.5) is 5.82 Å². The van der Waals surface area contributed by atoms with Crippen LogP contribution in [0.15, 0.2) is 23.2 Å². The zero-order valence-electron chi connectivity index (χ0n) is 12.4. The van der Waals surface area contributed by atoms with Crippen LogP contribution in [0, 0.1) is 5.41 Å². The van der Waals surface area contributed by atoms with E-state index in [9.17, 15) is 8.42 Å². The molecule has 1 aliphatic heterocycles. The Morgan fingerprint density at radius 3 is 2.60 bits per heavy atom. The van der Waals surface area contributed by atoms with Crippen molar-refractivity contribution >= 4 is 15.8 Å². The summed E-state index contributed by atoms with van der Waals surface area (Å²) in [5.74, 6) is 0.413. The summed E-state index contributed by atoms with van der Waals surface area (Å²) in [7, 11) is -1.77. The second kappa shape index (κ2) is 5.69. The lowest BCUT2D eigenvalue weighted by Crippen LogP contribution is -2.42. The summed E-state index contributed by atoms with van der Waals surface area (Å²) in [6, 6.07) is 3.27. The van der Waals surface area contributed by atoms with Crippen LogP contribution in [0.3, 0.4) is 0 Å². The maximum absolute atomic E-state index is 12.7. The number of rotatable bonds is 4. The standard InChI is InChI=1S/C14H23N3O2S/c1-4-14(2)7-10-17(11-8-14)20(18,19)12-6-5-9-16-13(12)15-3/h5-6,9H,4,7-8,10-11H2,1-3H3,(H,15,16). The lowest BCUT2D eigenvalue weighted by Gasteiger charge is -2.38. The molecule has 2 heterocycles. The molecule has 0 saturated carbocycles. The van der Waals surface area contributed by atoms with Crippen molar-refractivity contribution in [1.29, 1.82) is 0 Å². The van der Waals surface area contributed by atoms with Crippen molar-refractivity contribution in [1.82, 2.24) is 9.29 Å². The molecule has 0 amide bonds. The predicted octanol–water partition coefficient (Wildman–Crippen LogP) is 2.32. The highest BCUT2D eigenvalue weighted by molar-refractivity contribution is 7.89. The van der Waals surface area contributed by atoms with Gasteiger partial charge in [0.15, 0.2) is 0 Å². The van der Waals surface area contributed by atoms with Crippen molar-refractivity contribution in [3.8, 4) is 0 Å². The molecule has 0 bridgehead atoms. The molecule has 6 heteroatoms. The summed E-state index contributed by atoms with van der Waals surface area (Å²) in [4.78, 5) is 4.35. The van der Waals surface area contributed by atoms with Gasteiger partial charge in [-0.1, -0.05) is 20.3 Å². The fourth-order valence-electron chi connectivity index (χ4n) is 2.55. The van der Waals surface area contributed by atoms with E-state index in [4.69, 9.17) is 0 Å². The third-order valence-electron chi connectivity index (χ3n) is 4.41. The highest BCUT2D eigenvalue weighted by atomic mass is 32.2. The van der Waals surface area contributed by atoms with Crippen molar-refractivity contribution in [3.63, 3.8) is 0 Å². The molecule has 0 atom stereocenters. The van der Waals surface area contributed by atoms with Gasteiger partial charge in [-0.25, -0.2) is 13.4 Å². The van der Waals surface area contributed by atoms with Crippen LogP contribution in [0.25, 0.3) is 0 Å². The van der Waals surface area contributed by atoms with Gasteiger partial charge in [0.05, 0.1) is 0 Å². The molecule has 1 N–H and O–H groups in total. The fourth-order valence-corrected chi connectivity index (χ4v) is 4.14. The Kier molecular flexibility index (Phi) is 4.34. The first kappa shape index (κ1) is 15.3. The van der Waals surface area contributed by atoms with E-state index < -0.39 is 10.0 Å². The molecule has 0 unspecified atom stereocenters. The number of piperidine rings is 1. The van der Waals surface area contributed by atoms with E-state index in [0.29, 0.717) is 18.9 Å². The second-order valence-corrected chi connectivity index (χ2v) is 7.57. The molecule has 0 radical (unpaired) electrons. The number of aromatic nitrogens is 1. The zero-order valence-corrected chi connectivity index (χ0v) is 13.2. The molecule has 1 aromatic heterocycles. The Morgan fingerprint density at radius 1 is 1.40 bits per heavy atom. The summed E-state index contributed by atoms with van der Waals surface area (Å²) in [6.07, 6.45) is 4.51. The minimum Gasteiger partial charge on any atom is -0.372 e. The summed E-state index contributed by atoms with van der Waals surface area (Å²) < 4.78 is 27.0. The molecule has 1 fully saturated rings. The van der Waals surface area contributed by atoms with Gasteiger partial charge >= 0.3 is 0 Å². The lowest BCUT2D eigenvalue weighted by atomic mass is 9.79. The van der Waals surface area contributed by atoms with E-state index in [1.165, 1.54) is 0 Å². The number of sulfonamides is 1. The molecular formula is C14H23N3O2S. The molecule has 1 aromatic rings. The normalized spacial score (nSPS) is 19.8. The molecule has 1 saturated heterocycles. The Labute approximate surface area is 121 Å². The minimum atomic E-state index is -3.45. The molecule has 112 valence electrons. The number of hydrogen-bond donors (Lipinski definition) is 1. The quantitative estimate of drug-likeness (QED) is 0.926. The van der Waals surface area contributed by atoms with E-state index in [1.54, 1.807) is 29.7 Å². The third kappa shape index (κ3) is 2.81. The summed E-state index contributed by atoms with van der Waals surface area (Å²) in [5, 5.41) is 2.85. The Balaban J connectivity index is 2.24. The van der Waals surface area contributed by atoms with E-state index in [1.807, 2.05) is 0 Å². The predicted molar refractivity (Wildman–Crippen MR) is 80.2 cm³/mol. The number of anilines is 1. The largest absolute Gasteiger partial charge is 0.372 e. The minimum absolute atomic E-state index is 0.266. The molecule has 2 rings (SSSR count). The van der Waals surface area contributed by atoms with Crippen molar-refractivity contribution in [2.45, 2.75) is 38.0 Å². The molecule has 20 heavy (non-hydrogen) atoms. The Hall–Kier alpha value is -1.14. The van der Waals surface area contributed by atoms with Gasteiger partial charge in [0.2, 0.25) is 10.0 Å².